The molecule has 0 saturated carbocycles. The topological polar surface area (TPSA) is 103 Å². The van der Waals surface area contributed by atoms with Crippen molar-refractivity contribution in [3.8, 4) is 5.75 Å². The van der Waals surface area contributed by atoms with Crippen molar-refractivity contribution in [2.75, 3.05) is 20.3 Å². The third-order valence-electron chi connectivity index (χ3n) is 1.88. The van der Waals surface area contributed by atoms with E-state index in [0.717, 1.165) is 5.56 Å². The summed E-state index contributed by atoms with van der Waals surface area (Å²) >= 11 is 0. The van der Waals surface area contributed by atoms with Crippen molar-refractivity contribution in [3.05, 3.63) is 29.8 Å². The molecule has 0 saturated heterocycles. The van der Waals surface area contributed by atoms with Gasteiger partial charge in [-0.15, -0.1) is 0 Å². The van der Waals surface area contributed by atoms with Crippen LogP contribution in [0.15, 0.2) is 24.3 Å². The highest BCUT2D eigenvalue weighted by molar-refractivity contribution is 7.54. The Bertz CT molecular complexity index is 352. The van der Waals surface area contributed by atoms with Gasteiger partial charge in [0.1, 0.15) is 5.75 Å². The summed E-state index contributed by atoms with van der Waals surface area (Å²) in [5.41, 5.74) is 6.17. The minimum Gasteiger partial charge on any atom is -0.427 e. The summed E-state index contributed by atoms with van der Waals surface area (Å²) in [6.45, 7) is 0.907. The van der Waals surface area contributed by atoms with E-state index in [9.17, 15) is 9.79 Å². The molecule has 9 heteroatoms. The van der Waals surface area contributed by atoms with Crippen LogP contribution in [0.5, 0.6) is 5.75 Å². The maximum Gasteiger partial charge on any atom is 0.401 e. The zero-order chi connectivity index (χ0) is 14.1. The van der Waals surface area contributed by atoms with Crippen LogP contribution in [0.2, 0.25) is 0 Å². The van der Waals surface area contributed by atoms with E-state index in [1.54, 1.807) is 31.4 Å². The van der Waals surface area contributed by atoms with Crippen LogP contribution >= 0.6 is 17.2 Å². The molecule has 2 unspecified atom stereocenters. The van der Waals surface area contributed by atoms with Gasteiger partial charge in [-0.1, -0.05) is 12.1 Å². The van der Waals surface area contributed by atoms with E-state index in [-0.39, 0.29) is 13.2 Å². The first-order valence-electron chi connectivity index (χ1n) is 5.40. The lowest BCUT2D eigenvalue weighted by Gasteiger charge is -2.14. The van der Waals surface area contributed by atoms with Gasteiger partial charge in [0, 0.05) is 13.7 Å². The number of methoxy groups -OCH3 is 1. The predicted octanol–water partition coefficient (Wildman–Crippen LogP) is 1.64. The van der Waals surface area contributed by atoms with Gasteiger partial charge in [-0.3, -0.25) is 0 Å². The van der Waals surface area contributed by atoms with Gasteiger partial charge in [0.15, 0.2) is 0 Å². The highest BCUT2D eigenvalue weighted by atomic mass is 31.2. The highest BCUT2D eigenvalue weighted by Crippen LogP contribution is 2.49. The number of nitrogens with two attached hydrogens (primary N) is 1. The van der Waals surface area contributed by atoms with Gasteiger partial charge >= 0.3 is 17.2 Å². The minimum atomic E-state index is -2.25. The average molecular weight is 309 g/mol. The molecule has 1 rings (SSSR count). The van der Waals surface area contributed by atoms with E-state index >= 15 is 0 Å². The Morgan fingerprint density at radius 2 is 1.84 bits per heavy atom. The fourth-order valence-electron chi connectivity index (χ4n) is 1.13. The quantitative estimate of drug-likeness (QED) is 0.596. The summed E-state index contributed by atoms with van der Waals surface area (Å²) in [5, 5.41) is 0. The minimum absolute atomic E-state index is 0.150. The molecule has 0 aliphatic carbocycles. The molecule has 4 N–H and O–H groups in total. The maximum atomic E-state index is 9.49. The Kier molecular flexibility index (Phi) is 8.37. The van der Waals surface area contributed by atoms with Crippen LogP contribution in [0.25, 0.3) is 0 Å². The number of rotatable bonds is 9. The molecular weight excluding hydrogens is 292 g/mol. The Morgan fingerprint density at radius 1 is 1.16 bits per heavy atom. The molecular formula is C10H17NO6P2. The molecule has 1 aromatic rings. The summed E-state index contributed by atoms with van der Waals surface area (Å²) in [6, 6.07) is 6.94. The molecule has 1 aromatic carbocycles. The Labute approximate surface area is 114 Å². The Morgan fingerprint density at radius 3 is 2.42 bits per heavy atom. The first kappa shape index (κ1) is 16.7. The van der Waals surface area contributed by atoms with Crippen molar-refractivity contribution < 1.29 is 27.9 Å². The smallest absolute Gasteiger partial charge is 0.401 e. The van der Waals surface area contributed by atoms with Crippen LogP contribution < -0.4 is 10.3 Å². The molecule has 0 spiro atoms. The van der Waals surface area contributed by atoms with Crippen molar-refractivity contribution in [1.82, 2.24) is 0 Å². The summed E-state index contributed by atoms with van der Waals surface area (Å²) in [6.07, 6.45) is 0. The highest BCUT2D eigenvalue weighted by Gasteiger charge is 2.17. The monoisotopic (exact) mass is 309 g/mol. The number of ether oxygens (including phenoxy) is 1. The van der Waals surface area contributed by atoms with E-state index in [4.69, 9.17) is 23.8 Å². The van der Waals surface area contributed by atoms with Gasteiger partial charge in [0.2, 0.25) is 0 Å². The maximum absolute atomic E-state index is 9.49. The van der Waals surface area contributed by atoms with Crippen molar-refractivity contribution in [3.63, 3.8) is 0 Å². The molecule has 0 heterocycles. The Hall–Kier alpha value is -0.360. The van der Waals surface area contributed by atoms with Gasteiger partial charge in [0.05, 0.1) is 13.2 Å². The van der Waals surface area contributed by atoms with Gasteiger partial charge < -0.3 is 29.3 Å². The van der Waals surface area contributed by atoms with Crippen molar-refractivity contribution in [2.45, 2.75) is 6.61 Å². The summed E-state index contributed by atoms with van der Waals surface area (Å²) in [5.74, 6) is 0.427. The summed E-state index contributed by atoms with van der Waals surface area (Å²) < 4.78 is 19.6. The average Bonchev–Trinajstić information content (AvgIpc) is 2.39. The number of hydrogen-bond acceptors (Lipinski definition) is 7. The van der Waals surface area contributed by atoms with Gasteiger partial charge in [-0.2, -0.15) is 0 Å². The van der Waals surface area contributed by atoms with Gasteiger partial charge in [0.25, 0.3) is 0 Å². The summed E-state index contributed by atoms with van der Waals surface area (Å²) in [7, 11) is -2.82. The van der Waals surface area contributed by atoms with E-state index in [2.05, 4.69) is 0 Å². The fraction of sp³-hybridized carbons (Fsp3) is 0.400. The van der Waals surface area contributed by atoms with Crippen LogP contribution in [0, 0.1) is 0 Å². The fourth-order valence-corrected chi connectivity index (χ4v) is 2.50. The van der Waals surface area contributed by atoms with Crippen molar-refractivity contribution in [2.24, 2.45) is 5.73 Å². The SMILES string of the molecule is COCc1ccc(OP(O)OP(O)OCCN)cc1. The molecule has 7 nitrogen and oxygen atoms in total. The molecule has 0 aliphatic heterocycles. The third kappa shape index (κ3) is 7.11. The second kappa shape index (κ2) is 9.53. The lowest BCUT2D eigenvalue weighted by molar-refractivity contribution is 0.185. The van der Waals surface area contributed by atoms with Crippen molar-refractivity contribution in [1.29, 1.82) is 0 Å². The molecule has 0 aliphatic rings. The molecule has 108 valence electrons. The number of benzene rings is 1. The van der Waals surface area contributed by atoms with Crippen LogP contribution in [0.1, 0.15) is 5.56 Å². The van der Waals surface area contributed by atoms with Crippen molar-refractivity contribution >= 4 is 17.2 Å². The Balaban J connectivity index is 2.36. The normalized spacial score (nSPS) is 14.1. The molecule has 0 aromatic heterocycles. The lowest BCUT2D eigenvalue weighted by Crippen LogP contribution is -2.06. The van der Waals surface area contributed by atoms with E-state index in [1.807, 2.05) is 0 Å². The second-order valence-electron chi connectivity index (χ2n) is 3.35. The zero-order valence-electron chi connectivity index (χ0n) is 10.4. The lowest BCUT2D eigenvalue weighted by atomic mass is 10.2. The largest absolute Gasteiger partial charge is 0.427 e. The van der Waals surface area contributed by atoms with E-state index < -0.39 is 17.2 Å². The first-order valence-corrected chi connectivity index (χ1v) is 7.66. The first-order chi connectivity index (χ1) is 9.15. The summed E-state index contributed by atoms with van der Waals surface area (Å²) in [4.78, 5) is 18.8. The molecule has 19 heavy (non-hydrogen) atoms. The molecule has 0 bridgehead atoms. The van der Waals surface area contributed by atoms with E-state index in [0.29, 0.717) is 12.4 Å². The molecule has 0 radical (unpaired) electrons. The van der Waals surface area contributed by atoms with Crippen LogP contribution in [-0.2, 0) is 20.2 Å². The van der Waals surface area contributed by atoms with Gasteiger partial charge in [-0.05, 0) is 17.7 Å². The molecule has 0 fully saturated rings. The van der Waals surface area contributed by atoms with Gasteiger partial charge in [-0.25, -0.2) is 4.31 Å². The van der Waals surface area contributed by atoms with Crippen LogP contribution in [0.3, 0.4) is 0 Å². The van der Waals surface area contributed by atoms with Crippen LogP contribution in [-0.4, -0.2) is 30.0 Å². The van der Waals surface area contributed by atoms with E-state index in [1.165, 1.54) is 0 Å². The number of hydrogen-bond donors (Lipinski definition) is 3. The molecule has 0 amide bonds. The zero-order valence-corrected chi connectivity index (χ0v) is 12.2. The predicted molar refractivity (Wildman–Crippen MR) is 72.2 cm³/mol. The second-order valence-corrected chi connectivity index (χ2v) is 5.39. The molecule has 2 atom stereocenters. The third-order valence-corrected chi connectivity index (χ3v) is 3.77. The standard InChI is InChI=1S/C10H17NO6P2/c1-14-8-9-2-4-10(5-3-9)16-19(13)17-18(12)15-7-6-11/h2-5,12-13H,6-8,11H2,1H3. The van der Waals surface area contributed by atoms with Crippen LogP contribution in [0.4, 0.5) is 0 Å².